The van der Waals surface area contributed by atoms with E-state index in [9.17, 15) is 9.90 Å². The van der Waals surface area contributed by atoms with Crippen LogP contribution in [0.2, 0.25) is 0 Å². The van der Waals surface area contributed by atoms with Gasteiger partial charge in [0, 0.05) is 18.3 Å². The van der Waals surface area contributed by atoms with Crippen molar-refractivity contribution < 1.29 is 9.90 Å². The number of carbonyl (C=O) groups is 1. The Bertz CT molecular complexity index is 495. The van der Waals surface area contributed by atoms with Gasteiger partial charge in [0.1, 0.15) is 6.04 Å². The first-order valence-corrected chi connectivity index (χ1v) is 5.84. The Hall–Kier alpha value is -2.06. The minimum atomic E-state index is -0.595. The van der Waals surface area contributed by atoms with Crippen molar-refractivity contribution in [2.75, 3.05) is 18.1 Å². The van der Waals surface area contributed by atoms with Crippen LogP contribution >= 0.6 is 0 Å². The molecule has 1 aromatic rings. The molecule has 5 heteroatoms. The topological polar surface area (TPSA) is 76.4 Å². The van der Waals surface area contributed by atoms with Crippen LogP contribution in [0.25, 0.3) is 0 Å². The van der Waals surface area contributed by atoms with Crippen LogP contribution in [-0.2, 0) is 4.79 Å². The Kier molecular flexibility index (Phi) is 3.49. The molecule has 1 fully saturated rings. The van der Waals surface area contributed by atoms with Gasteiger partial charge in [-0.25, -0.2) is 0 Å². The monoisotopic (exact) mass is 245 g/mol. The van der Waals surface area contributed by atoms with Crippen LogP contribution in [0, 0.1) is 11.3 Å². The highest BCUT2D eigenvalue weighted by molar-refractivity contribution is 5.87. The third kappa shape index (κ3) is 2.15. The van der Waals surface area contributed by atoms with Crippen molar-refractivity contribution in [2.24, 2.45) is 0 Å². The predicted octanol–water partition coefficient (Wildman–Crippen LogP) is 0.244. The fraction of sp³-hybridized carbons (Fsp3) is 0.385. The number of hydrogen-bond acceptors (Lipinski definition) is 4. The molecule has 0 radical (unpaired) electrons. The highest BCUT2D eigenvalue weighted by atomic mass is 16.3. The van der Waals surface area contributed by atoms with Crippen molar-refractivity contribution in [1.29, 1.82) is 5.26 Å². The molecule has 1 aromatic carbocycles. The Labute approximate surface area is 106 Å². The number of nitrogens with zero attached hydrogens (tertiary/aromatic N) is 2. The summed E-state index contributed by atoms with van der Waals surface area (Å²) in [7, 11) is 0. The molecule has 0 spiro atoms. The first-order chi connectivity index (χ1) is 8.67. The van der Waals surface area contributed by atoms with Gasteiger partial charge in [-0.15, -0.1) is 0 Å². The fourth-order valence-corrected chi connectivity index (χ4v) is 2.24. The molecular weight excluding hydrogens is 230 g/mol. The van der Waals surface area contributed by atoms with Crippen molar-refractivity contribution in [1.82, 2.24) is 5.32 Å². The molecule has 0 bridgehead atoms. The van der Waals surface area contributed by atoms with Crippen LogP contribution in [-0.4, -0.2) is 36.2 Å². The second kappa shape index (κ2) is 5.07. The van der Waals surface area contributed by atoms with Crippen molar-refractivity contribution in [3.63, 3.8) is 0 Å². The summed E-state index contributed by atoms with van der Waals surface area (Å²) in [6.45, 7) is 2.26. The summed E-state index contributed by atoms with van der Waals surface area (Å²) in [5.41, 5.74) is 1.33. The number of nitrogens with one attached hydrogen (secondary N) is 1. The van der Waals surface area contributed by atoms with E-state index in [-0.39, 0.29) is 18.6 Å². The van der Waals surface area contributed by atoms with Crippen LogP contribution < -0.4 is 10.2 Å². The SMILES string of the molecule is CC1CNC(=O)C(CO)N1c1cccc(C#N)c1. The molecule has 1 saturated heterocycles. The molecule has 1 aliphatic heterocycles. The minimum absolute atomic E-state index is 0.0776. The van der Waals surface area contributed by atoms with Gasteiger partial charge in [-0.2, -0.15) is 5.26 Å². The van der Waals surface area contributed by atoms with Crippen LogP contribution in [0.15, 0.2) is 24.3 Å². The molecule has 94 valence electrons. The quantitative estimate of drug-likeness (QED) is 0.782. The largest absolute Gasteiger partial charge is 0.394 e. The zero-order valence-electron chi connectivity index (χ0n) is 10.1. The number of hydrogen-bond donors (Lipinski definition) is 2. The average Bonchev–Trinajstić information content (AvgIpc) is 2.41. The number of benzene rings is 1. The van der Waals surface area contributed by atoms with Crippen molar-refractivity contribution in [2.45, 2.75) is 19.0 Å². The summed E-state index contributed by atoms with van der Waals surface area (Å²) in [5, 5.41) is 21.0. The Morgan fingerprint density at radius 2 is 2.39 bits per heavy atom. The number of rotatable bonds is 2. The van der Waals surface area contributed by atoms with Crippen molar-refractivity contribution in [3.05, 3.63) is 29.8 Å². The standard InChI is InChI=1S/C13H15N3O2/c1-9-7-15-13(18)12(8-17)16(9)11-4-2-3-10(5-11)6-14/h2-5,9,12,17H,7-8H2,1H3,(H,15,18). The molecule has 1 heterocycles. The van der Waals surface area contributed by atoms with Crippen LogP contribution in [0.1, 0.15) is 12.5 Å². The van der Waals surface area contributed by atoms with E-state index in [2.05, 4.69) is 11.4 Å². The number of nitriles is 1. The van der Waals surface area contributed by atoms with E-state index in [4.69, 9.17) is 5.26 Å². The molecule has 1 amide bonds. The van der Waals surface area contributed by atoms with Gasteiger partial charge in [0.25, 0.3) is 0 Å². The van der Waals surface area contributed by atoms with E-state index < -0.39 is 6.04 Å². The van der Waals surface area contributed by atoms with Gasteiger partial charge in [-0.1, -0.05) is 6.07 Å². The van der Waals surface area contributed by atoms with Crippen LogP contribution in [0.5, 0.6) is 0 Å². The second-order valence-electron chi connectivity index (χ2n) is 4.36. The number of aliphatic hydroxyl groups is 1. The minimum Gasteiger partial charge on any atom is -0.394 e. The molecule has 2 N–H and O–H groups in total. The summed E-state index contributed by atoms with van der Waals surface area (Å²) in [6.07, 6.45) is 0. The van der Waals surface area contributed by atoms with E-state index in [0.29, 0.717) is 12.1 Å². The second-order valence-corrected chi connectivity index (χ2v) is 4.36. The lowest BCUT2D eigenvalue weighted by atomic mass is 10.1. The molecule has 2 unspecified atom stereocenters. The molecule has 5 nitrogen and oxygen atoms in total. The fourth-order valence-electron chi connectivity index (χ4n) is 2.24. The number of anilines is 1. The van der Waals surface area contributed by atoms with Gasteiger partial charge >= 0.3 is 0 Å². The molecule has 1 aliphatic rings. The van der Waals surface area contributed by atoms with Crippen LogP contribution in [0.4, 0.5) is 5.69 Å². The zero-order chi connectivity index (χ0) is 13.1. The summed E-state index contributed by atoms with van der Waals surface area (Å²) in [6, 6.07) is 8.63. The van der Waals surface area contributed by atoms with E-state index >= 15 is 0 Å². The molecule has 0 aromatic heterocycles. The number of aliphatic hydroxyl groups excluding tert-OH is 1. The third-order valence-electron chi connectivity index (χ3n) is 3.13. The molecule has 18 heavy (non-hydrogen) atoms. The van der Waals surface area contributed by atoms with E-state index in [1.54, 1.807) is 18.2 Å². The molecule has 2 rings (SSSR count). The average molecular weight is 245 g/mol. The van der Waals surface area contributed by atoms with Gasteiger partial charge in [0.15, 0.2) is 0 Å². The lowest BCUT2D eigenvalue weighted by Crippen LogP contribution is -2.61. The number of piperazine rings is 1. The van der Waals surface area contributed by atoms with Gasteiger partial charge < -0.3 is 15.3 Å². The highest BCUT2D eigenvalue weighted by Gasteiger charge is 2.33. The maximum absolute atomic E-state index is 11.7. The Balaban J connectivity index is 2.38. The predicted molar refractivity (Wildman–Crippen MR) is 67.0 cm³/mol. The Morgan fingerprint density at radius 3 is 3.06 bits per heavy atom. The Morgan fingerprint density at radius 1 is 1.61 bits per heavy atom. The van der Waals surface area contributed by atoms with Crippen molar-refractivity contribution in [3.8, 4) is 6.07 Å². The number of amides is 1. The number of carbonyl (C=O) groups excluding carboxylic acids is 1. The van der Waals surface area contributed by atoms with E-state index in [1.807, 2.05) is 17.9 Å². The summed E-state index contributed by atoms with van der Waals surface area (Å²) >= 11 is 0. The lowest BCUT2D eigenvalue weighted by Gasteiger charge is -2.41. The van der Waals surface area contributed by atoms with E-state index in [0.717, 1.165) is 5.69 Å². The first kappa shape index (κ1) is 12.4. The molecule has 2 atom stereocenters. The maximum atomic E-state index is 11.7. The maximum Gasteiger partial charge on any atom is 0.245 e. The van der Waals surface area contributed by atoms with Gasteiger partial charge in [-0.3, -0.25) is 4.79 Å². The molecular formula is C13H15N3O2. The third-order valence-corrected chi connectivity index (χ3v) is 3.13. The summed E-state index contributed by atoms with van der Waals surface area (Å²) in [5.74, 6) is -0.182. The van der Waals surface area contributed by atoms with Gasteiger partial charge in [-0.05, 0) is 25.1 Å². The lowest BCUT2D eigenvalue weighted by molar-refractivity contribution is -0.124. The van der Waals surface area contributed by atoms with Crippen LogP contribution in [0.3, 0.4) is 0 Å². The smallest absolute Gasteiger partial charge is 0.245 e. The van der Waals surface area contributed by atoms with Gasteiger partial charge in [0.05, 0.1) is 18.2 Å². The summed E-state index contributed by atoms with van der Waals surface area (Å²) < 4.78 is 0. The van der Waals surface area contributed by atoms with E-state index in [1.165, 1.54) is 0 Å². The molecule has 0 saturated carbocycles. The molecule has 0 aliphatic carbocycles. The van der Waals surface area contributed by atoms with Gasteiger partial charge in [0.2, 0.25) is 5.91 Å². The summed E-state index contributed by atoms with van der Waals surface area (Å²) in [4.78, 5) is 13.6. The first-order valence-electron chi connectivity index (χ1n) is 5.84. The zero-order valence-corrected chi connectivity index (χ0v) is 10.1. The highest BCUT2D eigenvalue weighted by Crippen LogP contribution is 2.23. The normalized spacial score (nSPS) is 23.4. The van der Waals surface area contributed by atoms with Crippen molar-refractivity contribution >= 4 is 11.6 Å².